The second kappa shape index (κ2) is 12.6. The first-order chi connectivity index (χ1) is 20.7. The third-order valence-corrected chi connectivity index (χ3v) is 7.56. The molecule has 43 heavy (non-hydrogen) atoms. The average Bonchev–Trinajstić information content (AvgIpc) is 3.01. The van der Waals surface area contributed by atoms with Gasteiger partial charge in [0.05, 0.1) is 36.2 Å². The Hall–Kier alpha value is -4.76. The van der Waals surface area contributed by atoms with E-state index in [1.165, 1.54) is 20.4 Å². The molecule has 0 spiro atoms. The highest BCUT2D eigenvalue weighted by Gasteiger charge is 2.22. The lowest BCUT2D eigenvalue weighted by Crippen LogP contribution is -2.21. The molecule has 0 radical (unpaired) electrons. The van der Waals surface area contributed by atoms with Gasteiger partial charge in [-0.25, -0.2) is 13.6 Å². The minimum atomic E-state index is -0.900. The fraction of sp³-hybridized carbons (Fsp3) is 0.182. The van der Waals surface area contributed by atoms with Crippen LogP contribution in [-0.4, -0.2) is 31.2 Å². The van der Waals surface area contributed by atoms with Crippen molar-refractivity contribution in [3.05, 3.63) is 101 Å². The summed E-state index contributed by atoms with van der Waals surface area (Å²) >= 11 is 5.94. The number of nitrogens with zero attached hydrogens (tertiary/aromatic N) is 1. The molecule has 0 saturated carbocycles. The molecule has 5 rings (SSSR count). The smallest absolute Gasteiger partial charge is 0.411 e. The van der Waals surface area contributed by atoms with Gasteiger partial charge in [-0.15, -0.1) is 0 Å². The van der Waals surface area contributed by atoms with Gasteiger partial charge in [0.1, 0.15) is 11.6 Å². The van der Waals surface area contributed by atoms with Crippen LogP contribution in [0.25, 0.3) is 27.8 Å². The Morgan fingerprint density at radius 2 is 1.84 bits per heavy atom. The highest BCUT2D eigenvalue weighted by atomic mass is 35.5. The first kappa shape index (κ1) is 29.7. The molecule has 1 atom stereocenters. The minimum absolute atomic E-state index is 0.127. The zero-order valence-electron chi connectivity index (χ0n) is 23.6. The number of anilines is 2. The molecule has 7 nitrogen and oxygen atoms in total. The van der Waals surface area contributed by atoms with E-state index < -0.39 is 17.7 Å². The van der Waals surface area contributed by atoms with Crippen LogP contribution in [0.1, 0.15) is 31.0 Å². The molecule has 1 aliphatic rings. The summed E-state index contributed by atoms with van der Waals surface area (Å²) < 4.78 is 39.9. The third kappa shape index (κ3) is 6.22. The monoisotopic (exact) mass is 603 g/mol. The summed E-state index contributed by atoms with van der Waals surface area (Å²) in [6.45, 7) is 1.84. The number of nitrogens with one attached hydrogen (secondary N) is 2. The van der Waals surface area contributed by atoms with Crippen molar-refractivity contribution >= 4 is 40.5 Å². The Balaban J connectivity index is 1.63. The van der Waals surface area contributed by atoms with Gasteiger partial charge in [0.2, 0.25) is 5.91 Å². The van der Waals surface area contributed by atoms with Gasteiger partial charge in [0, 0.05) is 40.6 Å². The lowest BCUT2D eigenvalue weighted by atomic mass is 9.93. The van der Waals surface area contributed by atoms with E-state index in [-0.39, 0.29) is 33.7 Å². The zero-order valence-corrected chi connectivity index (χ0v) is 24.4. The lowest BCUT2D eigenvalue weighted by Gasteiger charge is -2.19. The standard InChI is InChI=1S/C33H28ClF2N3O4/c1-18-6-4-9-22(27-16-29(42-2)24(17-37-27)30-26(35)13-12-25(34)31(30)36)19-7-5-8-20(14-19)23-11-10-21(38-33(41)43-3)15-28(23)39-32(18)40/h5,7-18H,4,6H2,1-3H3,(H,38,41)(H,39,40)/b22-9+. The molecule has 1 aromatic heterocycles. The Morgan fingerprint density at radius 1 is 1.05 bits per heavy atom. The predicted molar refractivity (Wildman–Crippen MR) is 163 cm³/mol. The molecule has 2 amide bonds. The highest BCUT2D eigenvalue weighted by Crippen LogP contribution is 2.39. The third-order valence-electron chi connectivity index (χ3n) is 7.26. The van der Waals surface area contributed by atoms with Crippen molar-refractivity contribution in [2.24, 2.45) is 5.92 Å². The van der Waals surface area contributed by atoms with Gasteiger partial charge in [0.15, 0.2) is 5.82 Å². The molecule has 0 saturated heterocycles. The maximum absolute atomic E-state index is 14.9. The number of rotatable bonds is 4. The van der Waals surface area contributed by atoms with E-state index in [0.717, 1.165) is 34.4 Å². The number of ether oxygens (including phenoxy) is 2. The summed E-state index contributed by atoms with van der Waals surface area (Å²) in [7, 11) is 2.69. The quantitative estimate of drug-likeness (QED) is 0.229. The van der Waals surface area contributed by atoms with Crippen LogP contribution in [0.3, 0.4) is 0 Å². The van der Waals surface area contributed by atoms with Crippen LogP contribution < -0.4 is 15.4 Å². The number of carbonyl (C=O) groups excluding carboxylic acids is 2. The summed E-state index contributed by atoms with van der Waals surface area (Å²) in [5, 5.41) is 5.43. The molecule has 4 aromatic rings. The fourth-order valence-electron chi connectivity index (χ4n) is 4.95. The van der Waals surface area contributed by atoms with E-state index in [9.17, 15) is 18.4 Å². The van der Waals surface area contributed by atoms with Crippen molar-refractivity contribution < 1.29 is 27.8 Å². The predicted octanol–water partition coefficient (Wildman–Crippen LogP) is 8.33. The first-order valence-corrected chi connectivity index (χ1v) is 13.9. The van der Waals surface area contributed by atoms with E-state index in [0.29, 0.717) is 29.9 Å². The lowest BCUT2D eigenvalue weighted by molar-refractivity contribution is -0.119. The summed E-state index contributed by atoms with van der Waals surface area (Å²) in [5.74, 6) is -1.97. The minimum Gasteiger partial charge on any atom is -0.496 e. The second-order valence-electron chi connectivity index (χ2n) is 10.0. The van der Waals surface area contributed by atoms with Crippen molar-refractivity contribution in [2.45, 2.75) is 19.8 Å². The number of allylic oxidation sites excluding steroid dienone is 1. The second-order valence-corrected chi connectivity index (χ2v) is 10.4. The van der Waals surface area contributed by atoms with Gasteiger partial charge in [0.25, 0.3) is 0 Å². The largest absolute Gasteiger partial charge is 0.496 e. The number of aromatic nitrogens is 1. The molecule has 1 aliphatic heterocycles. The molecular formula is C33H28ClF2N3O4. The molecular weight excluding hydrogens is 576 g/mol. The molecule has 220 valence electrons. The number of benzene rings is 3. The number of fused-ring (bicyclic) bond motifs is 4. The van der Waals surface area contributed by atoms with Crippen molar-refractivity contribution in [1.82, 2.24) is 4.98 Å². The van der Waals surface area contributed by atoms with E-state index in [4.69, 9.17) is 21.1 Å². The van der Waals surface area contributed by atoms with Gasteiger partial charge in [-0.1, -0.05) is 48.9 Å². The van der Waals surface area contributed by atoms with E-state index >= 15 is 0 Å². The SMILES string of the molecule is COC(=O)Nc1ccc2c(c1)NC(=O)C(C)CC/C=C(/c1cc(OC)c(-c3c(F)ccc(Cl)c3F)cn1)c1cccc-2c1. The Labute approximate surface area is 252 Å². The van der Waals surface area contributed by atoms with E-state index in [1.807, 2.05) is 43.3 Å². The van der Waals surface area contributed by atoms with Crippen molar-refractivity contribution in [3.63, 3.8) is 0 Å². The summed E-state index contributed by atoms with van der Waals surface area (Å²) in [5.41, 5.74) is 4.47. The topological polar surface area (TPSA) is 89.6 Å². The Bertz CT molecular complexity index is 1760. The fourth-order valence-corrected chi connectivity index (χ4v) is 5.11. The summed E-state index contributed by atoms with van der Waals surface area (Å²) in [6, 6.07) is 16.8. The number of methoxy groups -OCH3 is 2. The molecule has 2 bridgehead atoms. The van der Waals surface area contributed by atoms with Gasteiger partial charge in [-0.05, 0) is 54.3 Å². The average molecular weight is 604 g/mol. The van der Waals surface area contributed by atoms with Gasteiger partial charge >= 0.3 is 6.09 Å². The maximum Gasteiger partial charge on any atom is 0.411 e. The van der Waals surface area contributed by atoms with Crippen LogP contribution in [0.15, 0.2) is 72.9 Å². The summed E-state index contributed by atoms with van der Waals surface area (Å²) in [4.78, 5) is 29.5. The number of hydrogen-bond donors (Lipinski definition) is 2. The molecule has 3 aromatic carbocycles. The van der Waals surface area contributed by atoms with Crippen molar-refractivity contribution in [3.8, 4) is 28.0 Å². The molecule has 1 unspecified atom stereocenters. The number of amides is 2. The highest BCUT2D eigenvalue weighted by molar-refractivity contribution is 6.31. The molecule has 0 aliphatic carbocycles. The van der Waals surface area contributed by atoms with Crippen LogP contribution in [0.2, 0.25) is 5.02 Å². The van der Waals surface area contributed by atoms with Gasteiger partial charge in [-0.2, -0.15) is 0 Å². The van der Waals surface area contributed by atoms with E-state index in [1.54, 1.807) is 18.2 Å². The molecule has 10 heteroatoms. The van der Waals surface area contributed by atoms with Gasteiger partial charge in [-0.3, -0.25) is 15.1 Å². The van der Waals surface area contributed by atoms with Crippen LogP contribution in [-0.2, 0) is 9.53 Å². The van der Waals surface area contributed by atoms with Crippen molar-refractivity contribution in [1.29, 1.82) is 0 Å². The van der Waals surface area contributed by atoms with Crippen LogP contribution in [0.4, 0.5) is 25.0 Å². The van der Waals surface area contributed by atoms with Crippen LogP contribution in [0, 0.1) is 17.6 Å². The normalized spacial score (nSPS) is 16.0. The molecule has 2 heterocycles. The number of hydrogen-bond acceptors (Lipinski definition) is 5. The van der Waals surface area contributed by atoms with Crippen molar-refractivity contribution in [2.75, 3.05) is 24.9 Å². The molecule has 0 fully saturated rings. The maximum atomic E-state index is 14.9. The number of halogens is 3. The van der Waals surface area contributed by atoms with E-state index in [2.05, 4.69) is 15.6 Å². The molecule has 2 N–H and O–H groups in total. The van der Waals surface area contributed by atoms with Gasteiger partial charge < -0.3 is 14.8 Å². The zero-order chi connectivity index (χ0) is 30.7. The Kier molecular flexibility index (Phi) is 8.73. The summed E-state index contributed by atoms with van der Waals surface area (Å²) in [6.07, 6.45) is 3.83. The Morgan fingerprint density at radius 3 is 2.60 bits per heavy atom. The van der Waals surface area contributed by atoms with Crippen LogP contribution in [0.5, 0.6) is 5.75 Å². The van der Waals surface area contributed by atoms with Crippen LogP contribution >= 0.6 is 11.6 Å². The number of pyridine rings is 1. The number of carbonyl (C=O) groups is 2. The first-order valence-electron chi connectivity index (χ1n) is 13.5.